The van der Waals surface area contributed by atoms with Crippen molar-refractivity contribution >= 4 is 23.2 Å². The molecule has 1 heterocycles. The molecule has 3 rings (SSSR count). The van der Waals surface area contributed by atoms with Crippen LogP contribution in [0.15, 0.2) is 52.9 Å². The van der Waals surface area contributed by atoms with Crippen molar-refractivity contribution in [3.05, 3.63) is 65.7 Å². The first-order chi connectivity index (χ1) is 13.1. The van der Waals surface area contributed by atoms with Crippen molar-refractivity contribution in [2.75, 3.05) is 13.7 Å². The zero-order valence-corrected chi connectivity index (χ0v) is 14.6. The van der Waals surface area contributed by atoms with Crippen LogP contribution in [0, 0.1) is 5.82 Å². The molecule has 0 aliphatic carbocycles. The van der Waals surface area contributed by atoms with Crippen LogP contribution < -0.4 is 10.1 Å². The first-order valence-corrected chi connectivity index (χ1v) is 8.25. The van der Waals surface area contributed by atoms with Crippen molar-refractivity contribution in [2.24, 2.45) is 0 Å². The topological polar surface area (TPSA) is 77.8 Å². The Balaban J connectivity index is 1.58. The second-order valence-electron chi connectivity index (χ2n) is 5.88. The first kappa shape index (κ1) is 18.6. The van der Waals surface area contributed by atoms with Crippen LogP contribution in [0.4, 0.5) is 4.39 Å². The fraction of sp³-hybridized carbons (Fsp3) is 0.200. The van der Waals surface area contributed by atoms with Gasteiger partial charge in [0.15, 0.2) is 5.76 Å². The molecule has 140 valence electrons. The molecule has 0 fully saturated rings. The first-order valence-electron chi connectivity index (χ1n) is 8.25. The van der Waals surface area contributed by atoms with E-state index in [1.807, 2.05) is 0 Å². The number of halogens is 1. The van der Waals surface area contributed by atoms with Gasteiger partial charge in [0.05, 0.1) is 20.3 Å². The fourth-order valence-corrected chi connectivity index (χ4v) is 2.55. The van der Waals surface area contributed by atoms with Crippen molar-refractivity contribution in [1.29, 1.82) is 0 Å². The van der Waals surface area contributed by atoms with Gasteiger partial charge in [-0.2, -0.15) is 0 Å². The Labute approximate surface area is 154 Å². The van der Waals surface area contributed by atoms with Crippen LogP contribution in [0.5, 0.6) is 5.75 Å². The monoisotopic (exact) mass is 371 g/mol. The van der Waals surface area contributed by atoms with Crippen LogP contribution >= 0.6 is 0 Å². The van der Waals surface area contributed by atoms with E-state index in [2.05, 4.69) is 5.32 Å². The number of nitrogens with one attached hydrogen (secondary N) is 1. The summed E-state index contributed by atoms with van der Waals surface area (Å²) in [6, 6.07) is 11.8. The molecule has 1 unspecified atom stereocenters. The number of furan rings is 1. The second-order valence-corrected chi connectivity index (χ2v) is 5.88. The van der Waals surface area contributed by atoms with Gasteiger partial charge in [-0.25, -0.2) is 4.39 Å². The van der Waals surface area contributed by atoms with E-state index in [1.54, 1.807) is 43.5 Å². The maximum Gasteiger partial charge on any atom is 0.287 e. The van der Waals surface area contributed by atoms with Gasteiger partial charge in [0.1, 0.15) is 29.5 Å². The Kier molecular flexibility index (Phi) is 5.83. The van der Waals surface area contributed by atoms with Crippen LogP contribution in [-0.4, -0.2) is 32.0 Å². The minimum absolute atomic E-state index is 0.0419. The maximum atomic E-state index is 13.1. The molecule has 6 nitrogen and oxygen atoms in total. The largest absolute Gasteiger partial charge is 0.497 e. The predicted molar refractivity (Wildman–Crippen MR) is 96.1 cm³/mol. The summed E-state index contributed by atoms with van der Waals surface area (Å²) in [6.07, 6.45) is 0.579. The van der Waals surface area contributed by atoms with Gasteiger partial charge in [-0.1, -0.05) is 12.1 Å². The lowest BCUT2D eigenvalue weighted by atomic mass is 10.2. The molecule has 0 aliphatic heterocycles. The molecule has 0 radical (unpaired) electrons. The summed E-state index contributed by atoms with van der Waals surface area (Å²) in [5.41, 5.74) is 1.17. The lowest BCUT2D eigenvalue weighted by Crippen LogP contribution is -2.39. The summed E-state index contributed by atoms with van der Waals surface area (Å²) in [4.78, 5) is 23.5. The van der Waals surface area contributed by atoms with Crippen LogP contribution in [-0.2, 0) is 16.1 Å². The van der Waals surface area contributed by atoms with Crippen molar-refractivity contribution < 1.29 is 27.9 Å². The molecule has 1 amide bonds. The molecular weight excluding hydrogens is 353 g/mol. The molecule has 0 saturated heterocycles. The molecule has 1 aromatic heterocycles. The molecule has 0 bridgehead atoms. The van der Waals surface area contributed by atoms with Crippen molar-refractivity contribution in [1.82, 2.24) is 5.32 Å². The third-order valence-corrected chi connectivity index (χ3v) is 3.88. The summed E-state index contributed by atoms with van der Waals surface area (Å²) < 4.78 is 29.2. The third-order valence-electron chi connectivity index (χ3n) is 3.88. The molecule has 27 heavy (non-hydrogen) atoms. The molecule has 0 aliphatic rings. The summed E-state index contributed by atoms with van der Waals surface area (Å²) in [6.45, 7) is 0.0855. The Morgan fingerprint density at radius 2 is 2.11 bits per heavy atom. The maximum absolute atomic E-state index is 13.1. The number of ether oxygens (including phenoxy) is 2. The molecule has 0 spiro atoms. The van der Waals surface area contributed by atoms with E-state index in [1.165, 1.54) is 12.1 Å². The summed E-state index contributed by atoms with van der Waals surface area (Å²) >= 11 is 0. The quantitative estimate of drug-likeness (QED) is 0.616. The number of hydrogen-bond donors (Lipinski definition) is 1. The summed E-state index contributed by atoms with van der Waals surface area (Å²) in [7, 11) is 1.55. The van der Waals surface area contributed by atoms with E-state index >= 15 is 0 Å². The van der Waals surface area contributed by atoms with E-state index < -0.39 is 11.9 Å². The van der Waals surface area contributed by atoms with E-state index in [0.29, 0.717) is 28.6 Å². The number of aldehydes is 1. The smallest absolute Gasteiger partial charge is 0.287 e. The van der Waals surface area contributed by atoms with Crippen molar-refractivity contribution in [3.63, 3.8) is 0 Å². The van der Waals surface area contributed by atoms with Crippen LogP contribution in [0.2, 0.25) is 0 Å². The molecule has 3 aromatic rings. The number of carbonyl (C=O) groups is 2. The Morgan fingerprint density at radius 3 is 2.85 bits per heavy atom. The minimum Gasteiger partial charge on any atom is -0.497 e. The molecule has 2 aromatic carbocycles. The van der Waals surface area contributed by atoms with E-state index in [9.17, 15) is 14.0 Å². The highest BCUT2D eigenvalue weighted by molar-refractivity contribution is 5.97. The Bertz CT molecular complexity index is 952. The van der Waals surface area contributed by atoms with Crippen molar-refractivity contribution in [3.8, 4) is 5.75 Å². The fourth-order valence-electron chi connectivity index (χ4n) is 2.55. The Morgan fingerprint density at radius 1 is 1.26 bits per heavy atom. The summed E-state index contributed by atoms with van der Waals surface area (Å²) in [5.74, 6) is -0.170. The highest BCUT2D eigenvalue weighted by Gasteiger charge is 2.17. The number of methoxy groups -OCH3 is 1. The Hall–Kier alpha value is -3.19. The molecule has 1 atom stereocenters. The highest BCUT2D eigenvalue weighted by Crippen LogP contribution is 2.24. The number of hydrogen-bond acceptors (Lipinski definition) is 5. The number of fused-ring (bicyclic) bond motifs is 1. The average molecular weight is 371 g/mol. The van der Waals surface area contributed by atoms with Gasteiger partial charge in [0.2, 0.25) is 0 Å². The van der Waals surface area contributed by atoms with Gasteiger partial charge < -0.3 is 24.0 Å². The van der Waals surface area contributed by atoms with Gasteiger partial charge in [0.25, 0.3) is 5.91 Å². The van der Waals surface area contributed by atoms with Gasteiger partial charge in [-0.05, 0) is 42.0 Å². The third kappa shape index (κ3) is 4.71. The van der Waals surface area contributed by atoms with Crippen molar-refractivity contribution in [2.45, 2.75) is 12.6 Å². The van der Waals surface area contributed by atoms with E-state index in [0.717, 1.165) is 0 Å². The molecule has 7 heteroatoms. The number of amides is 1. The van der Waals surface area contributed by atoms with E-state index in [-0.39, 0.29) is 24.8 Å². The number of rotatable bonds is 8. The van der Waals surface area contributed by atoms with E-state index in [4.69, 9.17) is 13.9 Å². The van der Waals surface area contributed by atoms with Crippen LogP contribution in [0.1, 0.15) is 16.1 Å². The zero-order chi connectivity index (χ0) is 19.2. The van der Waals surface area contributed by atoms with Gasteiger partial charge in [0, 0.05) is 5.39 Å². The molecule has 0 saturated carbocycles. The normalized spacial score (nSPS) is 11.9. The predicted octanol–water partition coefficient (Wildman–Crippen LogP) is 3.09. The van der Waals surface area contributed by atoms with Crippen LogP contribution in [0.25, 0.3) is 11.0 Å². The standard InChI is InChI=1S/C20H18FNO5/c1-25-17-5-6-18-14(8-17)9-19(27-18)20(24)22-16(10-23)12-26-11-13-3-2-4-15(21)7-13/h2-10,16H,11-12H2,1H3,(H,22,24). The van der Waals surface area contributed by atoms with Gasteiger partial charge >= 0.3 is 0 Å². The second kappa shape index (κ2) is 8.46. The lowest BCUT2D eigenvalue weighted by molar-refractivity contribution is -0.110. The average Bonchev–Trinajstić information content (AvgIpc) is 3.10. The minimum atomic E-state index is -0.853. The number of carbonyl (C=O) groups excluding carboxylic acids is 2. The zero-order valence-electron chi connectivity index (χ0n) is 14.6. The molecular formula is C20H18FNO5. The van der Waals surface area contributed by atoms with Gasteiger partial charge in [-0.3, -0.25) is 4.79 Å². The highest BCUT2D eigenvalue weighted by atomic mass is 19.1. The lowest BCUT2D eigenvalue weighted by Gasteiger charge is -2.12. The SMILES string of the molecule is COc1ccc2oc(C(=O)NC(C=O)COCc3cccc(F)c3)cc2c1. The number of benzene rings is 2. The van der Waals surface area contributed by atoms with Gasteiger partial charge in [-0.15, -0.1) is 0 Å². The summed E-state index contributed by atoms with van der Waals surface area (Å²) in [5, 5.41) is 3.25. The molecule has 1 N–H and O–H groups in total. The van der Waals surface area contributed by atoms with Crippen LogP contribution in [0.3, 0.4) is 0 Å².